The van der Waals surface area contributed by atoms with Crippen molar-refractivity contribution in [1.82, 2.24) is 4.98 Å². The molecular formula is C29H22Cl2N2O4. The van der Waals surface area contributed by atoms with Crippen molar-refractivity contribution in [2.24, 2.45) is 0 Å². The summed E-state index contributed by atoms with van der Waals surface area (Å²) in [7, 11) is 0. The van der Waals surface area contributed by atoms with Crippen LogP contribution in [0.4, 0.5) is 5.69 Å². The summed E-state index contributed by atoms with van der Waals surface area (Å²) >= 11 is 12.2. The van der Waals surface area contributed by atoms with E-state index in [-0.39, 0.29) is 36.6 Å². The highest BCUT2D eigenvalue weighted by molar-refractivity contribution is 6.31. The van der Waals surface area contributed by atoms with Gasteiger partial charge in [-0.2, -0.15) is 0 Å². The highest BCUT2D eigenvalue weighted by Gasteiger charge is 2.16. The summed E-state index contributed by atoms with van der Waals surface area (Å²) < 4.78 is 0. The molecule has 0 fully saturated rings. The van der Waals surface area contributed by atoms with Crippen molar-refractivity contribution in [2.45, 2.75) is 19.3 Å². The molecule has 3 aromatic carbocycles. The molecule has 0 aliphatic heterocycles. The van der Waals surface area contributed by atoms with Crippen LogP contribution in [-0.4, -0.2) is 27.8 Å². The number of aliphatic carboxylic acids is 1. The van der Waals surface area contributed by atoms with Gasteiger partial charge in [0.25, 0.3) is 5.91 Å². The van der Waals surface area contributed by atoms with E-state index in [0.29, 0.717) is 32.4 Å². The average molecular weight is 533 g/mol. The Bertz CT molecular complexity index is 1430. The van der Waals surface area contributed by atoms with Crippen molar-refractivity contribution < 1.29 is 19.5 Å². The Morgan fingerprint density at radius 2 is 1.38 bits per heavy atom. The number of carboxylic acid groups (broad SMARTS) is 1. The van der Waals surface area contributed by atoms with Gasteiger partial charge in [-0.3, -0.25) is 19.4 Å². The van der Waals surface area contributed by atoms with Crippen molar-refractivity contribution >= 4 is 46.5 Å². The number of rotatable bonds is 9. The predicted molar refractivity (Wildman–Crippen MR) is 145 cm³/mol. The van der Waals surface area contributed by atoms with Gasteiger partial charge in [0.1, 0.15) is 5.69 Å². The van der Waals surface area contributed by atoms with Crippen LogP contribution in [0.1, 0.15) is 40.1 Å². The number of carbonyl (C=O) groups excluding carboxylic acids is 2. The van der Waals surface area contributed by atoms with E-state index in [1.807, 2.05) is 48.5 Å². The number of halogens is 2. The third kappa shape index (κ3) is 6.82. The van der Waals surface area contributed by atoms with E-state index in [4.69, 9.17) is 28.3 Å². The smallest absolute Gasteiger partial charge is 0.303 e. The number of ketones is 1. The zero-order valence-corrected chi connectivity index (χ0v) is 21.1. The van der Waals surface area contributed by atoms with E-state index in [2.05, 4.69) is 10.3 Å². The predicted octanol–water partition coefficient (Wildman–Crippen LogP) is 7.41. The number of carbonyl (C=O) groups is 3. The Balaban J connectivity index is 1.50. The normalized spacial score (nSPS) is 10.6. The molecule has 0 atom stereocenters. The Kier molecular flexibility index (Phi) is 8.33. The quantitative estimate of drug-likeness (QED) is 0.218. The minimum atomic E-state index is -0.944. The number of aromatic nitrogens is 1. The molecule has 4 rings (SSSR count). The van der Waals surface area contributed by atoms with Crippen LogP contribution in [0.15, 0.2) is 85.1 Å². The number of Topliss-reactive ketones (excluding diaryl/α,β-unsaturated/α-hetero) is 1. The lowest BCUT2D eigenvalue weighted by molar-refractivity contribution is -0.137. The van der Waals surface area contributed by atoms with Gasteiger partial charge in [0.2, 0.25) is 0 Å². The molecule has 0 radical (unpaired) electrons. The Morgan fingerprint density at radius 3 is 2.00 bits per heavy atom. The molecule has 1 heterocycles. The second kappa shape index (κ2) is 11.8. The van der Waals surface area contributed by atoms with Crippen molar-refractivity contribution in [1.29, 1.82) is 0 Å². The van der Waals surface area contributed by atoms with E-state index >= 15 is 0 Å². The fourth-order valence-corrected chi connectivity index (χ4v) is 4.08. The number of benzene rings is 3. The maximum absolute atomic E-state index is 13.2. The van der Waals surface area contributed by atoms with Crippen molar-refractivity contribution in [2.75, 3.05) is 5.32 Å². The number of anilines is 1. The van der Waals surface area contributed by atoms with Gasteiger partial charge >= 0.3 is 5.97 Å². The van der Waals surface area contributed by atoms with Gasteiger partial charge in [0, 0.05) is 45.9 Å². The van der Waals surface area contributed by atoms with E-state index in [9.17, 15) is 14.4 Å². The fourth-order valence-electron chi connectivity index (χ4n) is 3.79. The van der Waals surface area contributed by atoms with Gasteiger partial charge in [-0.25, -0.2) is 0 Å². The van der Waals surface area contributed by atoms with Crippen molar-refractivity contribution in [3.05, 3.63) is 106 Å². The summed E-state index contributed by atoms with van der Waals surface area (Å²) in [5.74, 6) is -1.50. The molecule has 1 aromatic heterocycles. The van der Waals surface area contributed by atoms with Gasteiger partial charge < -0.3 is 10.4 Å². The van der Waals surface area contributed by atoms with Crippen LogP contribution in [0.2, 0.25) is 10.0 Å². The molecule has 0 unspecified atom stereocenters. The first-order valence-electron chi connectivity index (χ1n) is 11.5. The van der Waals surface area contributed by atoms with Gasteiger partial charge in [0.05, 0.1) is 0 Å². The molecule has 0 bridgehead atoms. The number of hydrogen-bond acceptors (Lipinski definition) is 4. The Labute approximate surface area is 223 Å². The number of pyridine rings is 1. The minimum absolute atomic E-state index is 0.0747. The Morgan fingerprint density at radius 1 is 0.757 bits per heavy atom. The summed E-state index contributed by atoms with van der Waals surface area (Å²) in [6, 6.07) is 23.2. The second-order valence-electron chi connectivity index (χ2n) is 8.33. The summed E-state index contributed by atoms with van der Waals surface area (Å²) in [6.07, 6.45) is 1.78. The second-order valence-corrected chi connectivity index (χ2v) is 9.20. The number of nitrogens with one attached hydrogen (secondary N) is 1. The minimum Gasteiger partial charge on any atom is -0.481 e. The number of amides is 1. The molecule has 2 N–H and O–H groups in total. The van der Waals surface area contributed by atoms with Crippen LogP contribution in [0.25, 0.3) is 22.3 Å². The number of hydrogen-bond donors (Lipinski definition) is 2. The fraction of sp³-hybridized carbons (Fsp3) is 0.103. The SMILES string of the molecule is O=C(O)CCCC(=O)c1ccc(-c2cc(Cl)ccc2C(=O)Nc2ccc(-c3ccc(Cl)cc3)cc2)cn1. The summed E-state index contributed by atoms with van der Waals surface area (Å²) in [6.45, 7) is 0. The molecule has 0 aliphatic carbocycles. The van der Waals surface area contributed by atoms with Gasteiger partial charge in [0.15, 0.2) is 5.78 Å². The third-order valence-corrected chi connectivity index (χ3v) is 6.19. The van der Waals surface area contributed by atoms with E-state index in [1.165, 1.54) is 6.20 Å². The zero-order valence-electron chi connectivity index (χ0n) is 19.6. The molecule has 37 heavy (non-hydrogen) atoms. The van der Waals surface area contributed by atoms with Crippen LogP contribution in [-0.2, 0) is 4.79 Å². The van der Waals surface area contributed by atoms with E-state index < -0.39 is 5.97 Å². The van der Waals surface area contributed by atoms with Crippen LogP contribution >= 0.6 is 23.2 Å². The van der Waals surface area contributed by atoms with E-state index in [0.717, 1.165) is 11.1 Å². The molecule has 186 valence electrons. The standard InChI is InChI=1S/C29H22Cl2N2O4/c30-21-9-4-18(5-10-21)19-6-12-23(13-7-19)33-29(37)24-14-11-22(31)16-25(24)20-8-15-26(32-17-20)27(34)2-1-3-28(35)36/h4-17H,1-3H2,(H,33,37)(H,35,36). The van der Waals surface area contributed by atoms with E-state index in [1.54, 1.807) is 30.3 Å². The molecule has 0 aliphatic rings. The number of carboxylic acids is 1. The average Bonchev–Trinajstić information content (AvgIpc) is 2.89. The maximum Gasteiger partial charge on any atom is 0.303 e. The topological polar surface area (TPSA) is 96.4 Å². The monoisotopic (exact) mass is 532 g/mol. The largest absolute Gasteiger partial charge is 0.481 e. The molecule has 0 spiro atoms. The van der Waals surface area contributed by atoms with Gasteiger partial charge in [-0.15, -0.1) is 0 Å². The Hall–Kier alpha value is -4.00. The summed E-state index contributed by atoms with van der Waals surface area (Å²) in [4.78, 5) is 40.3. The highest BCUT2D eigenvalue weighted by Crippen LogP contribution is 2.29. The molecule has 8 heteroatoms. The van der Waals surface area contributed by atoms with Crippen LogP contribution in [0, 0.1) is 0 Å². The lowest BCUT2D eigenvalue weighted by atomic mass is 9.99. The summed E-state index contributed by atoms with van der Waals surface area (Å²) in [5.41, 5.74) is 4.46. The van der Waals surface area contributed by atoms with Crippen LogP contribution < -0.4 is 5.32 Å². The number of nitrogens with zero attached hydrogens (tertiary/aromatic N) is 1. The summed E-state index contributed by atoms with van der Waals surface area (Å²) in [5, 5.41) is 12.8. The molecule has 0 saturated heterocycles. The highest BCUT2D eigenvalue weighted by atomic mass is 35.5. The molecule has 4 aromatic rings. The molecular weight excluding hydrogens is 511 g/mol. The van der Waals surface area contributed by atoms with Crippen molar-refractivity contribution in [3.8, 4) is 22.3 Å². The lowest BCUT2D eigenvalue weighted by Gasteiger charge is -2.12. The lowest BCUT2D eigenvalue weighted by Crippen LogP contribution is -2.13. The van der Waals surface area contributed by atoms with Crippen LogP contribution in [0.5, 0.6) is 0 Å². The zero-order chi connectivity index (χ0) is 26.4. The molecule has 0 saturated carbocycles. The third-order valence-electron chi connectivity index (χ3n) is 5.70. The first kappa shape index (κ1) is 26.1. The first-order valence-corrected chi connectivity index (χ1v) is 12.2. The molecule has 6 nitrogen and oxygen atoms in total. The maximum atomic E-state index is 13.2. The van der Waals surface area contributed by atoms with Gasteiger partial charge in [-0.1, -0.05) is 53.5 Å². The van der Waals surface area contributed by atoms with Crippen LogP contribution in [0.3, 0.4) is 0 Å². The first-order chi connectivity index (χ1) is 17.8. The van der Waals surface area contributed by atoms with Crippen molar-refractivity contribution in [3.63, 3.8) is 0 Å². The van der Waals surface area contributed by atoms with Gasteiger partial charge in [-0.05, 0) is 71.6 Å². The molecule has 1 amide bonds.